The highest BCUT2D eigenvalue weighted by atomic mass is 35.5. The predicted octanol–water partition coefficient (Wildman–Crippen LogP) is 2.30. The molecule has 0 aliphatic rings. The molecule has 0 aromatic carbocycles. The number of halogens is 3. The maximum atomic E-state index is 12.8. The van der Waals surface area contributed by atoms with Crippen LogP contribution < -0.4 is 0 Å². The zero-order chi connectivity index (χ0) is 13.9. The van der Waals surface area contributed by atoms with Gasteiger partial charge in [-0.2, -0.15) is 0 Å². The van der Waals surface area contributed by atoms with Crippen LogP contribution in [0.25, 0.3) is 0 Å². The largest absolute Gasteiger partial charge is 0.469 e. The van der Waals surface area contributed by atoms with Crippen molar-refractivity contribution in [3.8, 4) is 0 Å². The fourth-order valence-corrected chi connectivity index (χ4v) is 1.55. The fourth-order valence-electron chi connectivity index (χ4n) is 1.31. The lowest BCUT2D eigenvalue weighted by Gasteiger charge is -2.09. The molecule has 1 aromatic rings. The van der Waals surface area contributed by atoms with Crippen LogP contribution in [0.1, 0.15) is 17.6 Å². The topological polar surface area (TPSA) is 82.3 Å². The van der Waals surface area contributed by atoms with E-state index in [1.54, 1.807) is 0 Å². The van der Waals surface area contributed by atoms with E-state index in [0.29, 0.717) is 0 Å². The van der Waals surface area contributed by atoms with Crippen molar-refractivity contribution in [3.05, 3.63) is 32.6 Å². The van der Waals surface area contributed by atoms with E-state index in [1.165, 1.54) is 0 Å². The second-order valence-electron chi connectivity index (χ2n) is 3.14. The average Bonchev–Trinajstić information content (AvgIpc) is 2.27. The first kappa shape index (κ1) is 14.2. The molecule has 0 bridgehead atoms. The van der Waals surface area contributed by atoms with Gasteiger partial charge in [0, 0.05) is 0 Å². The summed E-state index contributed by atoms with van der Waals surface area (Å²) in [6.07, 6.45) is -3.02. The van der Waals surface area contributed by atoms with E-state index in [1.807, 2.05) is 0 Å². The highest BCUT2D eigenvalue weighted by Gasteiger charge is 2.28. The molecule has 1 heterocycles. The molecule has 0 amide bonds. The molecule has 1 aromatic heterocycles. The first-order valence-corrected chi connectivity index (χ1v) is 4.92. The number of carbonyl (C=O) groups excluding carboxylic acids is 1. The highest BCUT2D eigenvalue weighted by molar-refractivity contribution is 6.30. The lowest BCUT2D eigenvalue weighted by Crippen LogP contribution is -2.11. The molecule has 6 nitrogen and oxygen atoms in total. The standard InChI is InChI=1S/C9H7ClF2N2O4/c1-18-6(15)2-4-5(14(16)17)3-13-8(10)7(4)9(11)12/h3,9H,2H2,1H3. The maximum Gasteiger partial charge on any atom is 0.310 e. The minimum absolute atomic E-state index is 0.484. The van der Waals surface area contributed by atoms with E-state index in [-0.39, 0.29) is 0 Å². The summed E-state index contributed by atoms with van der Waals surface area (Å²) in [4.78, 5) is 24.2. The molecule has 0 saturated carbocycles. The second-order valence-corrected chi connectivity index (χ2v) is 3.50. The lowest BCUT2D eigenvalue weighted by atomic mass is 10.1. The first-order chi connectivity index (χ1) is 8.38. The van der Waals surface area contributed by atoms with Crippen molar-refractivity contribution >= 4 is 23.3 Å². The summed E-state index contributed by atoms with van der Waals surface area (Å²) in [6, 6.07) is 0. The number of rotatable bonds is 4. The Morgan fingerprint density at radius 2 is 2.28 bits per heavy atom. The number of alkyl halides is 2. The summed E-state index contributed by atoms with van der Waals surface area (Å²) in [5.41, 5.74) is -2.00. The number of methoxy groups -OCH3 is 1. The summed E-state index contributed by atoms with van der Waals surface area (Å²) in [6.45, 7) is 0. The van der Waals surface area contributed by atoms with E-state index in [2.05, 4.69) is 9.72 Å². The van der Waals surface area contributed by atoms with Crippen LogP contribution in [-0.2, 0) is 16.0 Å². The monoisotopic (exact) mass is 280 g/mol. The number of nitrogens with zero attached hydrogens (tertiary/aromatic N) is 2. The summed E-state index contributed by atoms with van der Waals surface area (Å²) in [5.74, 6) is -0.887. The summed E-state index contributed by atoms with van der Waals surface area (Å²) < 4.78 is 29.9. The molecule has 0 radical (unpaired) electrons. The zero-order valence-electron chi connectivity index (χ0n) is 9.02. The van der Waals surface area contributed by atoms with Crippen LogP contribution in [0.2, 0.25) is 5.15 Å². The van der Waals surface area contributed by atoms with Gasteiger partial charge in [-0.25, -0.2) is 13.8 Å². The molecule has 0 atom stereocenters. The number of ether oxygens (including phenoxy) is 1. The number of hydrogen-bond acceptors (Lipinski definition) is 5. The number of esters is 1. The highest BCUT2D eigenvalue weighted by Crippen LogP contribution is 2.34. The summed E-state index contributed by atoms with van der Waals surface area (Å²) >= 11 is 5.46. The molecule has 0 aliphatic heterocycles. The average molecular weight is 281 g/mol. The van der Waals surface area contributed by atoms with Gasteiger partial charge in [0.1, 0.15) is 11.3 Å². The van der Waals surface area contributed by atoms with Crippen molar-refractivity contribution in [2.75, 3.05) is 7.11 Å². The molecule has 0 fully saturated rings. The minimum Gasteiger partial charge on any atom is -0.469 e. The Kier molecular flexibility index (Phi) is 4.49. The van der Waals surface area contributed by atoms with Crippen molar-refractivity contribution in [3.63, 3.8) is 0 Å². The lowest BCUT2D eigenvalue weighted by molar-refractivity contribution is -0.386. The molecule has 0 unspecified atom stereocenters. The van der Waals surface area contributed by atoms with Gasteiger partial charge in [-0.3, -0.25) is 14.9 Å². The van der Waals surface area contributed by atoms with Crippen LogP contribution in [0.3, 0.4) is 0 Å². The van der Waals surface area contributed by atoms with Crippen molar-refractivity contribution < 1.29 is 23.2 Å². The van der Waals surface area contributed by atoms with Gasteiger partial charge in [0.15, 0.2) is 0 Å². The summed E-state index contributed by atoms with van der Waals surface area (Å²) in [5, 5.41) is 10.1. The van der Waals surface area contributed by atoms with E-state index in [0.717, 1.165) is 13.3 Å². The third-order valence-electron chi connectivity index (χ3n) is 2.12. The van der Waals surface area contributed by atoms with Gasteiger partial charge in [0.05, 0.1) is 29.6 Å². The number of nitro groups is 1. The molecule has 18 heavy (non-hydrogen) atoms. The SMILES string of the molecule is COC(=O)Cc1c([N+](=O)[O-])cnc(Cl)c1C(F)F. The molecular weight excluding hydrogens is 274 g/mol. The summed E-state index contributed by atoms with van der Waals surface area (Å²) in [7, 11) is 1.04. The van der Waals surface area contributed by atoms with Crippen LogP contribution in [0, 0.1) is 10.1 Å². The van der Waals surface area contributed by atoms with E-state index >= 15 is 0 Å². The van der Waals surface area contributed by atoms with Crippen molar-refractivity contribution in [2.45, 2.75) is 12.8 Å². The Bertz CT molecular complexity index is 496. The maximum absolute atomic E-state index is 12.8. The Morgan fingerprint density at radius 1 is 1.67 bits per heavy atom. The number of hydrogen-bond donors (Lipinski definition) is 0. The third-order valence-corrected chi connectivity index (χ3v) is 2.42. The molecule has 0 N–H and O–H groups in total. The van der Waals surface area contributed by atoms with E-state index in [9.17, 15) is 23.7 Å². The van der Waals surface area contributed by atoms with Crippen LogP contribution >= 0.6 is 11.6 Å². The van der Waals surface area contributed by atoms with E-state index < -0.39 is 45.7 Å². The smallest absolute Gasteiger partial charge is 0.310 e. The van der Waals surface area contributed by atoms with E-state index in [4.69, 9.17) is 11.6 Å². The van der Waals surface area contributed by atoms with Crippen LogP contribution in [-0.4, -0.2) is 23.0 Å². The normalized spacial score (nSPS) is 10.5. The van der Waals surface area contributed by atoms with Gasteiger partial charge in [0.25, 0.3) is 12.1 Å². The first-order valence-electron chi connectivity index (χ1n) is 4.55. The third kappa shape index (κ3) is 2.89. The van der Waals surface area contributed by atoms with Gasteiger partial charge < -0.3 is 4.74 Å². The fraction of sp³-hybridized carbons (Fsp3) is 0.333. The van der Waals surface area contributed by atoms with Crippen molar-refractivity contribution in [1.82, 2.24) is 4.98 Å². The molecule has 9 heteroatoms. The quantitative estimate of drug-likeness (QED) is 0.366. The number of aromatic nitrogens is 1. The van der Waals surface area contributed by atoms with Gasteiger partial charge in [-0.1, -0.05) is 11.6 Å². The van der Waals surface area contributed by atoms with Crippen molar-refractivity contribution in [1.29, 1.82) is 0 Å². The van der Waals surface area contributed by atoms with Gasteiger partial charge in [-0.15, -0.1) is 0 Å². The van der Waals surface area contributed by atoms with Crippen LogP contribution in [0.4, 0.5) is 14.5 Å². The molecular formula is C9H7ClF2N2O4. The van der Waals surface area contributed by atoms with Crippen molar-refractivity contribution in [2.24, 2.45) is 0 Å². The zero-order valence-corrected chi connectivity index (χ0v) is 9.78. The van der Waals surface area contributed by atoms with Gasteiger partial charge in [0.2, 0.25) is 0 Å². The minimum atomic E-state index is -3.08. The molecule has 1 rings (SSSR count). The van der Waals surface area contributed by atoms with Crippen LogP contribution in [0.15, 0.2) is 6.20 Å². The second kappa shape index (κ2) is 5.67. The molecule has 0 saturated heterocycles. The number of carbonyl (C=O) groups is 1. The molecule has 98 valence electrons. The molecule has 0 spiro atoms. The molecule has 0 aliphatic carbocycles. The van der Waals surface area contributed by atoms with Gasteiger partial charge in [-0.05, 0) is 0 Å². The Labute approximate surface area is 105 Å². The number of pyridine rings is 1. The predicted molar refractivity (Wildman–Crippen MR) is 56.6 cm³/mol. The Hall–Kier alpha value is -1.83. The Morgan fingerprint density at radius 3 is 2.72 bits per heavy atom. The van der Waals surface area contributed by atoms with Gasteiger partial charge >= 0.3 is 5.97 Å². The Balaban J connectivity index is 3.43. The van der Waals surface area contributed by atoms with Crippen LogP contribution in [0.5, 0.6) is 0 Å².